The van der Waals surface area contributed by atoms with E-state index in [1.807, 2.05) is 54.6 Å². The fourth-order valence-electron chi connectivity index (χ4n) is 1.99. The first-order valence-electron chi connectivity index (χ1n) is 6.60. The Labute approximate surface area is 114 Å². The van der Waals surface area contributed by atoms with Crippen LogP contribution < -0.4 is 5.32 Å². The van der Waals surface area contributed by atoms with E-state index in [4.69, 9.17) is 0 Å². The molecule has 0 aliphatic heterocycles. The van der Waals surface area contributed by atoms with Crippen LogP contribution in [0.4, 0.5) is 5.69 Å². The third-order valence-corrected chi connectivity index (χ3v) is 2.89. The highest BCUT2D eigenvalue weighted by molar-refractivity contribution is 6.04. The Bertz CT molecular complexity index is 529. The Hall–Kier alpha value is -2.09. The summed E-state index contributed by atoms with van der Waals surface area (Å²) in [5.41, 5.74) is 2.78. The summed E-state index contributed by atoms with van der Waals surface area (Å²) in [6.45, 7) is 4.38. The molecule has 0 radical (unpaired) electrons. The summed E-state index contributed by atoms with van der Waals surface area (Å²) < 4.78 is 0. The van der Waals surface area contributed by atoms with Gasteiger partial charge in [-0.2, -0.15) is 0 Å². The highest BCUT2D eigenvalue weighted by Crippen LogP contribution is 2.12. The first kappa shape index (κ1) is 13.3. The van der Waals surface area contributed by atoms with Crippen LogP contribution in [0.15, 0.2) is 54.6 Å². The summed E-state index contributed by atoms with van der Waals surface area (Å²) in [6.07, 6.45) is 1.04. The lowest BCUT2D eigenvalue weighted by atomic mass is 10.0. The van der Waals surface area contributed by atoms with Gasteiger partial charge in [0.05, 0.1) is 0 Å². The molecule has 2 nitrogen and oxygen atoms in total. The number of hydrogen-bond donors (Lipinski definition) is 1. The van der Waals surface area contributed by atoms with Crippen LogP contribution in [0, 0.1) is 5.92 Å². The first-order valence-corrected chi connectivity index (χ1v) is 6.60. The molecule has 1 N–H and O–H groups in total. The molecule has 2 aromatic carbocycles. The van der Waals surface area contributed by atoms with Crippen molar-refractivity contribution in [3.63, 3.8) is 0 Å². The largest absolute Gasteiger partial charge is 0.322 e. The van der Waals surface area contributed by atoms with Crippen molar-refractivity contribution in [2.24, 2.45) is 5.92 Å². The number of hydrogen-bond acceptors (Lipinski definition) is 1. The Kier molecular flexibility index (Phi) is 4.35. The van der Waals surface area contributed by atoms with E-state index in [2.05, 4.69) is 19.2 Å². The summed E-state index contributed by atoms with van der Waals surface area (Å²) in [6, 6.07) is 17.3. The molecule has 0 saturated heterocycles. The lowest BCUT2D eigenvalue weighted by Crippen LogP contribution is -2.11. The Morgan fingerprint density at radius 2 is 1.63 bits per heavy atom. The van der Waals surface area contributed by atoms with Gasteiger partial charge >= 0.3 is 0 Å². The summed E-state index contributed by atoms with van der Waals surface area (Å²) in [7, 11) is 0. The maximum Gasteiger partial charge on any atom is 0.255 e. The minimum Gasteiger partial charge on any atom is -0.322 e. The van der Waals surface area contributed by atoms with Gasteiger partial charge in [0, 0.05) is 11.3 Å². The van der Waals surface area contributed by atoms with E-state index in [1.54, 1.807) is 0 Å². The summed E-state index contributed by atoms with van der Waals surface area (Å²) in [4.78, 5) is 12.0. The van der Waals surface area contributed by atoms with E-state index < -0.39 is 0 Å². The second kappa shape index (κ2) is 6.19. The molecule has 0 saturated carbocycles. The van der Waals surface area contributed by atoms with Crippen molar-refractivity contribution in [2.45, 2.75) is 20.3 Å². The average molecular weight is 253 g/mol. The molecule has 98 valence electrons. The van der Waals surface area contributed by atoms with Crippen molar-refractivity contribution in [3.05, 3.63) is 65.7 Å². The fourth-order valence-corrected chi connectivity index (χ4v) is 1.99. The SMILES string of the molecule is CC(C)Cc1ccc(C(=O)Nc2ccccc2)cc1. The van der Waals surface area contributed by atoms with Crippen molar-refractivity contribution in [1.82, 2.24) is 0 Å². The summed E-state index contributed by atoms with van der Waals surface area (Å²) in [5, 5.41) is 2.88. The molecule has 2 heteroatoms. The summed E-state index contributed by atoms with van der Waals surface area (Å²) in [5.74, 6) is 0.561. The molecule has 0 bridgehead atoms. The molecular weight excluding hydrogens is 234 g/mol. The monoisotopic (exact) mass is 253 g/mol. The number of nitrogens with one attached hydrogen (secondary N) is 1. The predicted octanol–water partition coefficient (Wildman–Crippen LogP) is 4.14. The van der Waals surface area contributed by atoms with Crippen molar-refractivity contribution in [2.75, 3.05) is 5.32 Å². The molecule has 0 aliphatic carbocycles. The number of para-hydroxylation sites is 1. The number of anilines is 1. The lowest BCUT2D eigenvalue weighted by molar-refractivity contribution is 0.102. The van der Waals surface area contributed by atoms with E-state index in [1.165, 1.54) is 5.56 Å². The molecule has 1 amide bonds. The number of amides is 1. The quantitative estimate of drug-likeness (QED) is 0.871. The van der Waals surface area contributed by atoms with Gasteiger partial charge in [-0.1, -0.05) is 44.2 Å². The van der Waals surface area contributed by atoms with Crippen molar-refractivity contribution < 1.29 is 4.79 Å². The minimum absolute atomic E-state index is 0.0673. The van der Waals surface area contributed by atoms with Gasteiger partial charge in [0.1, 0.15) is 0 Å². The Balaban J connectivity index is 2.04. The van der Waals surface area contributed by atoms with Crippen LogP contribution in [0.2, 0.25) is 0 Å². The standard InChI is InChI=1S/C17H19NO/c1-13(2)12-14-8-10-15(11-9-14)17(19)18-16-6-4-3-5-7-16/h3-11,13H,12H2,1-2H3,(H,18,19). The second-order valence-electron chi connectivity index (χ2n) is 5.12. The number of rotatable bonds is 4. The smallest absolute Gasteiger partial charge is 0.255 e. The van der Waals surface area contributed by atoms with Crippen LogP contribution in [0.25, 0.3) is 0 Å². The second-order valence-corrected chi connectivity index (χ2v) is 5.12. The molecular formula is C17H19NO. The van der Waals surface area contributed by atoms with Gasteiger partial charge in [0.2, 0.25) is 0 Å². The Morgan fingerprint density at radius 1 is 1.00 bits per heavy atom. The van der Waals surface area contributed by atoms with Crippen molar-refractivity contribution in [3.8, 4) is 0 Å². The molecule has 2 aromatic rings. The molecule has 19 heavy (non-hydrogen) atoms. The van der Waals surface area contributed by atoms with Gasteiger partial charge in [0.15, 0.2) is 0 Å². The third kappa shape index (κ3) is 3.95. The van der Waals surface area contributed by atoms with Crippen LogP contribution in [0.3, 0.4) is 0 Å². The fraction of sp³-hybridized carbons (Fsp3) is 0.235. The maximum absolute atomic E-state index is 12.0. The van der Waals surface area contributed by atoms with Crippen LogP contribution in [0.1, 0.15) is 29.8 Å². The van der Waals surface area contributed by atoms with E-state index in [-0.39, 0.29) is 5.91 Å². The first-order chi connectivity index (χ1) is 9.15. The van der Waals surface area contributed by atoms with Gasteiger partial charge in [-0.3, -0.25) is 4.79 Å². The van der Waals surface area contributed by atoms with E-state index in [9.17, 15) is 4.79 Å². The predicted molar refractivity (Wildman–Crippen MR) is 79.4 cm³/mol. The molecule has 0 atom stereocenters. The van der Waals surface area contributed by atoms with E-state index >= 15 is 0 Å². The lowest BCUT2D eigenvalue weighted by Gasteiger charge is -2.07. The van der Waals surface area contributed by atoms with E-state index in [0.717, 1.165) is 12.1 Å². The Morgan fingerprint density at radius 3 is 2.21 bits per heavy atom. The molecule has 0 fully saturated rings. The molecule has 0 aliphatic rings. The van der Waals surface area contributed by atoms with Crippen LogP contribution in [-0.2, 0) is 6.42 Å². The van der Waals surface area contributed by atoms with Crippen LogP contribution in [-0.4, -0.2) is 5.91 Å². The molecule has 0 spiro atoms. The highest BCUT2D eigenvalue weighted by atomic mass is 16.1. The highest BCUT2D eigenvalue weighted by Gasteiger charge is 2.06. The van der Waals surface area contributed by atoms with Gasteiger partial charge in [-0.05, 0) is 42.2 Å². The van der Waals surface area contributed by atoms with Crippen molar-refractivity contribution >= 4 is 11.6 Å². The molecule has 2 rings (SSSR count). The normalized spacial score (nSPS) is 10.5. The van der Waals surface area contributed by atoms with Gasteiger partial charge in [0.25, 0.3) is 5.91 Å². The summed E-state index contributed by atoms with van der Waals surface area (Å²) >= 11 is 0. The van der Waals surface area contributed by atoms with Gasteiger partial charge < -0.3 is 5.32 Å². The van der Waals surface area contributed by atoms with E-state index in [0.29, 0.717) is 11.5 Å². The van der Waals surface area contributed by atoms with Gasteiger partial charge in [-0.25, -0.2) is 0 Å². The average Bonchev–Trinajstić information content (AvgIpc) is 2.40. The van der Waals surface area contributed by atoms with Gasteiger partial charge in [-0.15, -0.1) is 0 Å². The molecule has 0 heterocycles. The topological polar surface area (TPSA) is 29.1 Å². The van der Waals surface area contributed by atoms with Crippen LogP contribution in [0.5, 0.6) is 0 Å². The molecule has 0 unspecified atom stereocenters. The molecule has 0 aromatic heterocycles. The van der Waals surface area contributed by atoms with Crippen molar-refractivity contribution in [1.29, 1.82) is 0 Å². The maximum atomic E-state index is 12.0. The zero-order chi connectivity index (χ0) is 13.7. The number of carbonyl (C=O) groups excluding carboxylic acids is 1. The third-order valence-electron chi connectivity index (χ3n) is 2.89. The number of benzene rings is 2. The number of carbonyl (C=O) groups is 1. The van der Waals surface area contributed by atoms with Crippen LogP contribution >= 0.6 is 0 Å². The zero-order valence-electron chi connectivity index (χ0n) is 11.4. The minimum atomic E-state index is -0.0673. The zero-order valence-corrected chi connectivity index (χ0v) is 11.4.